The summed E-state index contributed by atoms with van der Waals surface area (Å²) in [6.45, 7) is 4.37. The van der Waals surface area contributed by atoms with Gasteiger partial charge in [-0.2, -0.15) is 0 Å². The van der Waals surface area contributed by atoms with Crippen molar-refractivity contribution < 1.29 is 4.79 Å². The first-order valence-electron chi connectivity index (χ1n) is 9.49. The molecule has 25 heavy (non-hydrogen) atoms. The van der Waals surface area contributed by atoms with Crippen LogP contribution >= 0.6 is 11.3 Å². The molecule has 0 atom stereocenters. The van der Waals surface area contributed by atoms with Gasteiger partial charge in [0, 0.05) is 29.3 Å². The lowest BCUT2D eigenvalue weighted by Crippen LogP contribution is -2.18. The maximum absolute atomic E-state index is 12.7. The molecule has 1 amide bonds. The number of hydrogen-bond acceptors (Lipinski definition) is 3. The number of benzene rings is 1. The molecule has 0 bridgehead atoms. The van der Waals surface area contributed by atoms with E-state index in [1.807, 2.05) is 0 Å². The van der Waals surface area contributed by atoms with Crippen molar-refractivity contribution in [2.45, 2.75) is 51.9 Å². The minimum atomic E-state index is 0.0371. The third-order valence-corrected chi connectivity index (χ3v) is 6.64. The van der Waals surface area contributed by atoms with Gasteiger partial charge in [-0.3, -0.25) is 4.79 Å². The van der Waals surface area contributed by atoms with E-state index in [1.54, 1.807) is 11.3 Å². The normalized spacial score (nSPS) is 17.2. The van der Waals surface area contributed by atoms with Crippen molar-refractivity contribution in [2.24, 2.45) is 0 Å². The molecule has 1 N–H and O–H groups in total. The Bertz CT molecular complexity index is 751. The van der Waals surface area contributed by atoms with Crippen LogP contribution in [0, 0.1) is 6.92 Å². The van der Waals surface area contributed by atoms with Crippen LogP contribution in [0.4, 0.5) is 11.4 Å². The van der Waals surface area contributed by atoms with E-state index in [1.165, 1.54) is 48.2 Å². The average Bonchev–Trinajstić information content (AvgIpc) is 3.23. The van der Waals surface area contributed by atoms with Crippen LogP contribution in [-0.2, 0) is 12.8 Å². The Morgan fingerprint density at radius 2 is 1.84 bits per heavy atom. The van der Waals surface area contributed by atoms with Crippen LogP contribution in [0.1, 0.15) is 57.8 Å². The second-order valence-electron chi connectivity index (χ2n) is 7.27. The number of hydrogen-bond donors (Lipinski definition) is 1. The van der Waals surface area contributed by atoms with Crippen LogP contribution in [0.3, 0.4) is 0 Å². The highest BCUT2D eigenvalue weighted by Gasteiger charge is 2.18. The average molecular weight is 355 g/mol. The molecule has 0 radical (unpaired) electrons. The van der Waals surface area contributed by atoms with E-state index in [4.69, 9.17) is 0 Å². The Labute approximate surface area is 154 Å². The molecular formula is C21H26N2OS. The van der Waals surface area contributed by atoms with Crippen LogP contribution in [0.15, 0.2) is 24.3 Å². The van der Waals surface area contributed by atoms with Gasteiger partial charge in [-0.15, -0.1) is 11.3 Å². The Balaban J connectivity index is 1.49. The fourth-order valence-corrected chi connectivity index (χ4v) is 5.07. The van der Waals surface area contributed by atoms with Gasteiger partial charge < -0.3 is 10.2 Å². The lowest BCUT2D eigenvalue weighted by Gasteiger charge is -2.19. The number of nitrogens with one attached hydrogen (secondary N) is 1. The van der Waals surface area contributed by atoms with Crippen molar-refractivity contribution in [1.29, 1.82) is 0 Å². The Hall–Kier alpha value is -1.81. The van der Waals surface area contributed by atoms with Gasteiger partial charge in [-0.1, -0.05) is 6.42 Å². The molecule has 1 fully saturated rings. The second kappa shape index (κ2) is 7.20. The summed E-state index contributed by atoms with van der Waals surface area (Å²) < 4.78 is 0. The van der Waals surface area contributed by atoms with Gasteiger partial charge >= 0.3 is 0 Å². The molecular weight excluding hydrogens is 328 g/mol. The number of nitrogens with zero attached hydrogens (tertiary/aromatic N) is 1. The second-order valence-corrected chi connectivity index (χ2v) is 8.40. The van der Waals surface area contributed by atoms with Crippen LogP contribution < -0.4 is 10.2 Å². The van der Waals surface area contributed by atoms with E-state index in [9.17, 15) is 4.79 Å². The van der Waals surface area contributed by atoms with Gasteiger partial charge in [-0.25, -0.2) is 0 Å². The van der Waals surface area contributed by atoms with Crippen molar-refractivity contribution in [3.05, 3.63) is 45.1 Å². The number of aryl methyl sites for hydroxylation is 3. The number of rotatable bonds is 3. The molecule has 1 saturated heterocycles. The van der Waals surface area contributed by atoms with Gasteiger partial charge in [0.1, 0.15) is 0 Å². The minimum Gasteiger partial charge on any atom is -0.372 e. The molecule has 2 aliphatic rings. The zero-order chi connectivity index (χ0) is 17.2. The van der Waals surface area contributed by atoms with Crippen molar-refractivity contribution in [3.63, 3.8) is 0 Å². The van der Waals surface area contributed by atoms with Crippen molar-refractivity contribution in [2.75, 3.05) is 23.3 Å². The maximum atomic E-state index is 12.7. The summed E-state index contributed by atoms with van der Waals surface area (Å²) in [6.07, 6.45) is 8.64. The number of carbonyl (C=O) groups excluding carboxylic acids is 1. The van der Waals surface area contributed by atoms with Gasteiger partial charge in [0.25, 0.3) is 5.91 Å². The predicted molar refractivity (Wildman–Crippen MR) is 106 cm³/mol. The van der Waals surface area contributed by atoms with Gasteiger partial charge in [-0.05, 0) is 80.8 Å². The fraction of sp³-hybridized carbons (Fsp3) is 0.476. The van der Waals surface area contributed by atoms with E-state index < -0.39 is 0 Å². The van der Waals surface area contributed by atoms with Gasteiger partial charge in [0.15, 0.2) is 0 Å². The summed E-state index contributed by atoms with van der Waals surface area (Å²) in [7, 11) is 0. The summed E-state index contributed by atoms with van der Waals surface area (Å²) in [4.78, 5) is 17.4. The number of carbonyl (C=O) groups is 1. The zero-order valence-electron chi connectivity index (χ0n) is 14.9. The van der Waals surface area contributed by atoms with E-state index in [-0.39, 0.29) is 5.91 Å². The highest BCUT2D eigenvalue weighted by molar-refractivity contribution is 7.14. The monoisotopic (exact) mass is 354 g/mol. The molecule has 3 nitrogen and oxygen atoms in total. The predicted octanol–water partition coefficient (Wildman–Crippen LogP) is 5.18. The van der Waals surface area contributed by atoms with E-state index in [2.05, 4.69) is 41.4 Å². The molecule has 0 unspecified atom stereocenters. The first kappa shape index (κ1) is 16.6. The maximum Gasteiger partial charge on any atom is 0.265 e. The van der Waals surface area contributed by atoms with Crippen molar-refractivity contribution in [1.82, 2.24) is 0 Å². The van der Waals surface area contributed by atoms with Crippen LogP contribution in [0.2, 0.25) is 0 Å². The third-order valence-electron chi connectivity index (χ3n) is 5.40. The Morgan fingerprint density at radius 1 is 1.04 bits per heavy atom. The topological polar surface area (TPSA) is 32.3 Å². The summed E-state index contributed by atoms with van der Waals surface area (Å²) in [5.74, 6) is 0.0371. The van der Waals surface area contributed by atoms with Gasteiger partial charge in [0.2, 0.25) is 0 Å². The summed E-state index contributed by atoms with van der Waals surface area (Å²) in [5.41, 5.74) is 4.73. The molecule has 132 valence electrons. The molecule has 1 aromatic heterocycles. The van der Waals surface area contributed by atoms with E-state index in [0.717, 1.165) is 42.1 Å². The molecule has 4 rings (SSSR count). The molecule has 1 aliphatic carbocycles. The minimum absolute atomic E-state index is 0.0371. The number of amides is 1. The summed E-state index contributed by atoms with van der Waals surface area (Å²) in [6, 6.07) is 8.51. The number of thiophene rings is 1. The molecule has 1 aromatic carbocycles. The van der Waals surface area contributed by atoms with Gasteiger partial charge in [0.05, 0.1) is 4.88 Å². The first-order chi connectivity index (χ1) is 12.2. The molecule has 4 heteroatoms. The molecule has 2 aromatic rings. The number of fused-ring (bicyclic) bond motifs is 1. The van der Waals surface area contributed by atoms with E-state index in [0.29, 0.717) is 0 Å². The highest BCUT2D eigenvalue weighted by atomic mass is 32.1. The quantitative estimate of drug-likeness (QED) is 0.771. The fourth-order valence-electron chi connectivity index (χ4n) is 3.92. The SMILES string of the molecule is Cc1cc(N2CCCC2)ccc1NC(=O)c1cc2c(s1)CCCCC2. The first-order valence-corrected chi connectivity index (χ1v) is 10.3. The van der Waals surface area contributed by atoms with Crippen LogP contribution in [0.5, 0.6) is 0 Å². The molecule has 1 aliphatic heterocycles. The van der Waals surface area contributed by atoms with Crippen molar-refractivity contribution in [3.8, 4) is 0 Å². The highest BCUT2D eigenvalue weighted by Crippen LogP contribution is 2.30. The van der Waals surface area contributed by atoms with Crippen molar-refractivity contribution >= 4 is 28.6 Å². The lowest BCUT2D eigenvalue weighted by molar-refractivity contribution is 0.103. The third kappa shape index (κ3) is 3.59. The smallest absolute Gasteiger partial charge is 0.265 e. The molecule has 0 saturated carbocycles. The van der Waals surface area contributed by atoms with Crippen LogP contribution in [0.25, 0.3) is 0 Å². The lowest BCUT2D eigenvalue weighted by atomic mass is 10.1. The molecule has 2 heterocycles. The standard InChI is InChI=1S/C21H26N2OS/c1-15-13-17(23-11-5-6-12-23)9-10-18(15)22-21(24)20-14-16-7-3-2-4-8-19(16)25-20/h9-10,13-14H,2-8,11-12H2,1H3,(H,22,24). The summed E-state index contributed by atoms with van der Waals surface area (Å²) in [5, 5.41) is 3.12. The van der Waals surface area contributed by atoms with E-state index >= 15 is 0 Å². The summed E-state index contributed by atoms with van der Waals surface area (Å²) >= 11 is 1.69. The number of anilines is 2. The molecule has 0 spiro atoms. The largest absolute Gasteiger partial charge is 0.372 e. The zero-order valence-corrected chi connectivity index (χ0v) is 15.8. The Kier molecular flexibility index (Phi) is 4.80. The van der Waals surface area contributed by atoms with Crippen LogP contribution in [-0.4, -0.2) is 19.0 Å². The Morgan fingerprint density at radius 3 is 2.64 bits per heavy atom.